The average Bonchev–Trinajstić information content (AvgIpc) is 2.26. The predicted octanol–water partition coefficient (Wildman–Crippen LogP) is 3.19. The van der Waals surface area contributed by atoms with Crippen LogP contribution in [-0.4, -0.2) is 7.11 Å². The van der Waals surface area contributed by atoms with Crippen LogP contribution in [0.4, 0.5) is 0 Å². The summed E-state index contributed by atoms with van der Waals surface area (Å²) in [7, 11) is 1.70. The molecule has 2 nitrogen and oxygen atoms in total. The van der Waals surface area contributed by atoms with Gasteiger partial charge in [0.2, 0.25) is 0 Å². The molecule has 0 spiro atoms. The second-order valence-corrected chi connectivity index (χ2v) is 3.98. The van der Waals surface area contributed by atoms with Crippen molar-refractivity contribution in [2.75, 3.05) is 7.11 Å². The van der Waals surface area contributed by atoms with E-state index in [1.165, 1.54) is 18.4 Å². The van der Waals surface area contributed by atoms with Gasteiger partial charge in [-0.25, -0.2) is 0 Å². The number of rotatable bonds is 5. The first-order valence-electron chi connectivity index (χ1n) is 5.59. The molecule has 0 fully saturated rings. The van der Waals surface area contributed by atoms with Gasteiger partial charge in [0, 0.05) is 6.04 Å². The van der Waals surface area contributed by atoms with Crippen LogP contribution in [0.2, 0.25) is 0 Å². The molecule has 1 aromatic rings. The van der Waals surface area contributed by atoms with E-state index >= 15 is 0 Å². The second-order valence-electron chi connectivity index (χ2n) is 3.98. The Kier molecular flexibility index (Phi) is 4.63. The monoisotopic (exact) mass is 207 g/mol. The van der Waals surface area contributed by atoms with E-state index in [9.17, 15) is 0 Å². The summed E-state index contributed by atoms with van der Waals surface area (Å²) < 4.78 is 5.28. The van der Waals surface area contributed by atoms with E-state index in [1.54, 1.807) is 7.11 Å². The fourth-order valence-corrected chi connectivity index (χ4v) is 1.66. The Morgan fingerprint density at radius 3 is 2.73 bits per heavy atom. The molecular weight excluding hydrogens is 186 g/mol. The number of nitrogens with two attached hydrogens (primary N) is 1. The van der Waals surface area contributed by atoms with Gasteiger partial charge in [0.25, 0.3) is 0 Å². The predicted molar refractivity (Wildman–Crippen MR) is 64.2 cm³/mol. The van der Waals surface area contributed by atoms with Crippen LogP contribution in [0.15, 0.2) is 18.2 Å². The Morgan fingerprint density at radius 1 is 1.40 bits per heavy atom. The van der Waals surface area contributed by atoms with Crippen LogP contribution in [0, 0.1) is 6.92 Å². The lowest BCUT2D eigenvalue weighted by Crippen LogP contribution is -2.10. The lowest BCUT2D eigenvalue weighted by molar-refractivity contribution is 0.410. The third kappa shape index (κ3) is 3.24. The first-order valence-corrected chi connectivity index (χ1v) is 5.59. The van der Waals surface area contributed by atoms with Gasteiger partial charge in [-0.1, -0.05) is 31.9 Å². The summed E-state index contributed by atoms with van der Waals surface area (Å²) in [6.45, 7) is 4.22. The smallest absolute Gasteiger partial charge is 0.122 e. The maximum absolute atomic E-state index is 6.10. The minimum Gasteiger partial charge on any atom is -0.496 e. The highest BCUT2D eigenvalue weighted by atomic mass is 16.5. The van der Waals surface area contributed by atoms with Crippen LogP contribution in [-0.2, 0) is 0 Å². The fraction of sp³-hybridized carbons (Fsp3) is 0.538. The van der Waals surface area contributed by atoms with E-state index in [0.29, 0.717) is 0 Å². The summed E-state index contributed by atoms with van der Waals surface area (Å²) in [6, 6.07) is 6.35. The molecule has 1 aromatic carbocycles. The Hall–Kier alpha value is -1.02. The highest BCUT2D eigenvalue weighted by Gasteiger charge is 2.07. The molecule has 0 aliphatic rings. The van der Waals surface area contributed by atoms with E-state index in [1.807, 2.05) is 6.92 Å². The molecule has 0 aliphatic carbocycles. The third-order valence-corrected chi connectivity index (χ3v) is 2.73. The maximum atomic E-state index is 6.10. The summed E-state index contributed by atoms with van der Waals surface area (Å²) in [5, 5.41) is 0. The van der Waals surface area contributed by atoms with E-state index in [-0.39, 0.29) is 6.04 Å². The first-order chi connectivity index (χ1) is 7.19. The number of methoxy groups -OCH3 is 1. The number of unbranched alkanes of at least 4 members (excludes halogenated alkanes) is 1. The van der Waals surface area contributed by atoms with E-state index in [4.69, 9.17) is 10.5 Å². The van der Waals surface area contributed by atoms with Crippen molar-refractivity contribution >= 4 is 0 Å². The molecule has 0 saturated carbocycles. The van der Waals surface area contributed by atoms with Crippen LogP contribution in [0.5, 0.6) is 5.75 Å². The van der Waals surface area contributed by atoms with Gasteiger partial charge < -0.3 is 10.5 Å². The van der Waals surface area contributed by atoms with Crippen molar-refractivity contribution in [2.45, 2.75) is 39.2 Å². The molecule has 0 saturated heterocycles. The van der Waals surface area contributed by atoms with Crippen LogP contribution in [0.1, 0.15) is 43.4 Å². The molecule has 1 rings (SSSR count). The van der Waals surface area contributed by atoms with Crippen LogP contribution >= 0.6 is 0 Å². The molecule has 0 heterocycles. The lowest BCUT2D eigenvalue weighted by Gasteiger charge is -2.13. The highest BCUT2D eigenvalue weighted by Crippen LogP contribution is 2.24. The Morgan fingerprint density at radius 2 is 2.13 bits per heavy atom. The number of benzene rings is 1. The summed E-state index contributed by atoms with van der Waals surface area (Å²) >= 11 is 0. The summed E-state index contributed by atoms with van der Waals surface area (Å²) in [5.74, 6) is 0.930. The Labute approximate surface area is 92.4 Å². The molecular formula is C13H21NO. The van der Waals surface area contributed by atoms with Gasteiger partial charge in [-0.2, -0.15) is 0 Å². The van der Waals surface area contributed by atoms with Gasteiger partial charge in [0.05, 0.1) is 7.11 Å². The molecule has 2 N–H and O–H groups in total. The molecule has 15 heavy (non-hydrogen) atoms. The molecule has 0 unspecified atom stereocenters. The average molecular weight is 207 g/mol. The SMILES string of the molecule is CCCC[C@@H](N)c1ccc(C)c(OC)c1. The van der Waals surface area contributed by atoms with Crippen LogP contribution < -0.4 is 10.5 Å². The Bertz CT molecular complexity index is 309. The molecule has 1 atom stereocenters. The first kappa shape index (κ1) is 12.1. The highest BCUT2D eigenvalue weighted by molar-refractivity contribution is 5.37. The quantitative estimate of drug-likeness (QED) is 0.804. The van der Waals surface area contributed by atoms with Gasteiger partial charge in [0.1, 0.15) is 5.75 Å². The van der Waals surface area contributed by atoms with Crippen molar-refractivity contribution in [2.24, 2.45) is 5.73 Å². The summed E-state index contributed by atoms with van der Waals surface area (Å²) in [5.41, 5.74) is 8.43. The largest absolute Gasteiger partial charge is 0.496 e. The standard InChI is InChI=1S/C13H21NO/c1-4-5-6-12(14)11-8-7-10(2)13(9-11)15-3/h7-9,12H,4-6,14H2,1-3H3/t12-/m1/s1. The van der Waals surface area contributed by atoms with E-state index < -0.39 is 0 Å². The molecule has 2 heteroatoms. The lowest BCUT2D eigenvalue weighted by atomic mass is 10.0. The van der Waals surface area contributed by atoms with Crippen molar-refractivity contribution in [3.8, 4) is 5.75 Å². The normalized spacial score (nSPS) is 12.5. The fourth-order valence-electron chi connectivity index (χ4n) is 1.66. The summed E-state index contributed by atoms with van der Waals surface area (Å²) in [4.78, 5) is 0. The zero-order chi connectivity index (χ0) is 11.3. The maximum Gasteiger partial charge on any atom is 0.122 e. The number of hydrogen-bond donors (Lipinski definition) is 1. The summed E-state index contributed by atoms with van der Waals surface area (Å²) in [6.07, 6.45) is 3.41. The zero-order valence-electron chi connectivity index (χ0n) is 9.92. The van der Waals surface area contributed by atoms with Crippen LogP contribution in [0.3, 0.4) is 0 Å². The van der Waals surface area contributed by atoms with Crippen molar-refractivity contribution in [1.29, 1.82) is 0 Å². The van der Waals surface area contributed by atoms with Gasteiger partial charge in [-0.05, 0) is 30.5 Å². The second kappa shape index (κ2) is 5.76. The molecule has 0 aliphatic heterocycles. The number of ether oxygens (including phenoxy) is 1. The zero-order valence-corrected chi connectivity index (χ0v) is 9.92. The van der Waals surface area contributed by atoms with Gasteiger partial charge in [-0.15, -0.1) is 0 Å². The van der Waals surface area contributed by atoms with Gasteiger partial charge in [-0.3, -0.25) is 0 Å². The van der Waals surface area contributed by atoms with Gasteiger partial charge >= 0.3 is 0 Å². The van der Waals surface area contributed by atoms with Gasteiger partial charge in [0.15, 0.2) is 0 Å². The molecule has 84 valence electrons. The molecule has 0 aromatic heterocycles. The molecule has 0 amide bonds. The van der Waals surface area contributed by atoms with E-state index in [0.717, 1.165) is 17.7 Å². The van der Waals surface area contributed by atoms with Crippen molar-refractivity contribution in [3.05, 3.63) is 29.3 Å². The number of aryl methyl sites for hydroxylation is 1. The third-order valence-electron chi connectivity index (χ3n) is 2.73. The van der Waals surface area contributed by atoms with Crippen LogP contribution in [0.25, 0.3) is 0 Å². The van der Waals surface area contributed by atoms with Crippen molar-refractivity contribution in [1.82, 2.24) is 0 Å². The minimum atomic E-state index is 0.138. The number of hydrogen-bond acceptors (Lipinski definition) is 2. The van der Waals surface area contributed by atoms with Crippen molar-refractivity contribution in [3.63, 3.8) is 0 Å². The van der Waals surface area contributed by atoms with E-state index in [2.05, 4.69) is 25.1 Å². The molecule has 0 radical (unpaired) electrons. The minimum absolute atomic E-state index is 0.138. The topological polar surface area (TPSA) is 35.2 Å². The molecule has 0 bridgehead atoms. The van der Waals surface area contributed by atoms with Crippen molar-refractivity contribution < 1.29 is 4.74 Å². The Balaban J connectivity index is 2.76.